The lowest BCUT2D eigenvalue weighted by atomic mass is 9.98. The van der Waals surface area contributed by atoms with Gasteiger partial charge in [0.25, 0.3) is 0 Å². The van der Waals surface area contributed by atoms with Crippen LogP contribution in [0.5, 0.6) is 0 Å². The largest absolute Gasteiger partial charge is 0.468 e. The first-order valence-electron chi connectivity index (χ1n) is 6.23. The first-order chi connectivity index (χ1) is 7.67. The van der Waals surface area contributed by atoms with E-state index in [-0.39, 0.29) is 5.97 Å². The average Bonchev–Trinajstić information content (AvgIpc) is 2.53. The number of likely N-dealkylation sites (tertiary alicyclic amines) is 1. The maximum absolute atomic E-state index is 11.2. The third-order valence-electron chi connectivity index (χ3n) is 3.48. The number of nitrogens with two attached hydrogens (primary N) is 1. The van der Waals surface area contributed by atoms with Crippen LogP contribution in [0.1, 0.15) is 32.6 Å². The predicted molar refractivity (Wildman–Crippen MR) is 64.1 cm³/mol. The molecule has 2 N–H and O–H groups in total. The number of rotatable bonds is 4. The number of hydrogen-bond acceptors (Lipinski definition) is 4. The first-order valence-corrected chi connectivity index (χ1v) is 6.23. The smallest absolute Gasteiger partial charge is 0.323 e. The van der Waals surface area contributed by atoms with Crippen LogP contribution >= 0.6 is 0 Å². The molecule has 0 aromatic carbocycles. The van der Waals surface area contributed by atoms with E-state index in [1.807, 2.05) is 0 Å². The second-order valence-electron chi connectivity index (χ2n) is 4.64. The highest BCUT2D eigenvalue weighted by atomic mass is 16.5. The summed E-state index contributed by atoms with van der Waals surface area (Å²) in [4.78, 5) is 13.5. The number of hydrogen-bond donors (Lipinski definition) is 1. The van der Waals surface area contributed by atoms with E-state index < -0.39 is 6.04 Å². The van der Waals surface area contributed by atoms with E-state index in [2.05, 4.69) is 16.6 Å². The summed E-state index contributed by atoms with van der Waals surface area (Å²) < 4.78 is 4.64. The minimum Gasteiger partial charge on any atom is -0.468 e. The van der Waals surface area contributed by atoms with Gasteiger partial charge in [0.1, 0.15) is 6.04 Å². The molecule has 1 saturated heterocycles. The van der Waals surface area contributed by atoms with Gasteiger partial charge in [-0.15, -0.1) is 0 Å². The Morgan fingerprint density at radius 1 is 1.50 bits per heavy atom. The lowest BCUT2D eigenvalue weighted by Gasteiger charge is -2.22. The Morgan fingerprint density at radius 3 is 2.88 bits per heavy atom. The predicted octanol–water partition coefficient (Wildman–Crippen LogP) is 0.999. The molecule has 0 aromatic heterocycles. The number of methoxy groups -OCH3 is 1. The van der Waals surface area contributed by atoms with E-state index >= 15 is 0 Å². The van der Waals surface area contributed by atoms with Crippen LogP contribution in [0.15, 0.2) is 0 Å². The third kappa shape index (κ3) is 4.10. The molecule has 1 fully saturated rings. The Kier molecular flexibility index (Phi) is 5.77. The maximum Gasteiger partial charge on any atom is 0.323 e. The molecule has 2 atom stereocenters. The fourth-order valence-electron chi connectivity index (χ4n) is 2.32. The van der Waals surface area contributed by atoms with Crippen molar-refractivity contribution in [3.8, 4) is 0 Å². The van der Waals surface area contributed by atoms with Gasteiger partial charge >= 0.3 is 5.97 Å². The molecule has 4 nitrogen and oxygen atoms in total. The molecule has 1 aliphatic heterocycles. The van der Waals surface area contributed by atoms with E-state index in [1.54, 1.807) is 0 Å². The minimum absolute atomic E-state index is 0.309. The van der Waals surface area contributed by atoms with Crippen LogP contribution in [0.4, 0.5) is 0 Å². The number of carbonyl (C=O) groups excluding carboxylic acids is 1. The number of ether oxygens (including phenoxy) is 1. The zero-order chi connectivity index (χ0) is 12.0. The molecule has 94 valence electrons. The second-order valence-corrected chi connectivity index (χ2v) is 4.64. The Hall–Kier alpha value is -0.610. The van der Waals surface area contributed by atoms with Crippen molar-refractivity contribution >= 4 is 5.97 Å². The summed E-state index contributed by atoms with van der Waals surface area (Å²) in [6.07, 6.45) is 5.01. The van der Waals surface area contributed by atoms with Gasteiger partial charge in [-0.2, -0.15) is 0 Å². The molecule has 0 radical (unpaired) electrons. The van der Waals surface area contributed by atoms with Gasteiger partial charge < -0.3 is 15.4 Å². The normalized spacial score (nSPS) is 24.8. The molecule has 0 bridgehead atoms. The zero-order valence-corrected chi connectivity index (χ0v) is 10.4. The topological polar surface area (TPSA) is 55.6 Å². The van der Waals surface area contributed by atoms with Gasteiger partial charge in [-0.1, -0.05) is 13.3 Å². The van der Waals surface area contributed by atoms with Crippen molar-refractivity contribution in [2.45, 2.75) is 38.6 Å². The molecule has 1 rings (SSSR count). The highest BCUT2D eigenvalue weighted by Gasteiger charge is 2.21. The molecule has 0 aliphatic carbocycles. The van der Waals surface area contributed by atoms with Crippen molar-refractivity contribution in [2.24, 2.45) is 11.7 Å². The fourth-order valence-corrected chi connectivity index (χ4v) is 2.32. The van der Waals surface area contributed by atoms with E-state index in [1.165, 1.54) is 32.8 Å². The highest BCUT2D eigenvalue weighted by Crippen LogP contribution is 2.20. The van der Waals surface area contributed by atoms with Crippen molar-refractivity contribution in [3.05, 3.63) is 0 Å². The molecule has 0 spiro atoms. The van der Waals surface area contributed by atoms with Crippen LogP contribution in [0, 0.1) is 5.92 Å². The highest BCUT2D eigenvalue weighted by molar-refractivity contribution is 5.75. The van der Waals surface area contributed by atoms with Crippen LogP contribution in [-0.4, -0.2) is 43.7 Å². The second kappa shape index (κ2) is 6.86. The summed E-state index contributed by atoms with van der Waals surface area (Å²) in [6.45, 7) is 4.99. The first kappa shape index (κ1) is 13.5. The van der Waals surface area contributed by atoms with Gasteiger partial charge in [0.05, 0.1) is 7.11 Å². The molecule has 16 heavy (non-hydrogen) atoms. The summed E-state index contributed by atoms with van der Waals surface area (Å²) in [5.74, 6) is 0.538. The fraction of sp³-hybridized carbons (Fsp3) is 0.917. The van der Waals surface area contributed by atoms with Gasteiger partial charge in [-0.05, 0) is 38.3 Å². The summed E-state index contributed by atoms with van der Waals surface area (Å²) in [7, 11) is 1.39. The van der Waals surface area contributed by atoms with Gasteiger partial charge in [-0.25, -0.2) is 0 Å². The van der Waals surface area contributed by atoms with Crippen molar-refractivity contribution in [1.82, 2.24) is 4.90 Å². The van der Waals surface area contributed by atoms with Gasteiger partial charge in [0.15, 0.2) is 0 Å². The molecular formula is C12H24N2O2. The summed E-state index contributed by atoms with van der Waals surface area (Å²) in [5.41, 5.74) is 5.76. The molecule has 1 heterocycles. The van der Waals surface area contributed by atoms with Crippen molar-refractivity contribution < 1.29 is 9.53 Å². The van der Waals surface area contributed by atoms with Crippen molar-refractivity contribution in [3.63, 3.8) is 0 Å². The number of carbonyl (C=O) groups is 1. The Morgan fingerprint density at radius 2 is 2.25 bits per heavy atom. The minimum atomic E-state index is -0.497. The summed E-state index contributed by atoms with van der Waals surface area (Å²) >= 11 is 0. The van der Waals surface area contributed by atoms with E-state index in [0.29, 0.717) is 6.54 Å². The molecule has 2 unspecified atom stereocenters. The van der Waals surface area contributed by atoms with E-state index in [0.717, 1.165) is 19.0 Å². The van der Waals surface area contributed by atoms with Crippen LogP contribution < -0.4 is 5.73 Å². The van der Waals surface area contributed by atoms with Gasteiger partial charge in [-0.3, -0.25) is 4.79 Å². The van der Waals surface area contributed by atoms with Crippen molar-refractivity contribution in [2.75, 3.05) is 26.7 Å². The van der Waals surface area contributed by atoms with Gasteiger partial charge in [0.2, 0.25) is 0 Å². The van der Waals surface area contributed by atoms with Crippen LogP contribution in [0.2, 0.25) is 0 Å². The number of nitrogens with zero attached hydrogens (tertiary/aromatic N) is 1. The Bertz CT molecular complexity index is 221. The monoisotopic (exact) mass is 228 g/mol. The summed E-state index contributed by atoms with van der Waals surface area (Å²) in [6, 6.07) is -0.497. The molecule has 1 aliphatic rings. The lowest BCUT2D eigenvalue weighted by molar-refractivity contribution is -0.142. The van der Waals surface area contributed by atoms with Crippen molar-refractivity contribution in [1.29, 1.82) is 0 Å². The summed E-state index contributed by atoms with van der Waals surface area (Å²) in [5, 5.41) is 0. The van der Waals surface area contributed by atoms with E-state index in [9.17, 15) is 4.79 Å². The molecular weight excluding hydrogens is 204 g/mol. The zero-order valence-electron chi connectivity index (χ0n) is 10.4. The van der Waals surface area contributed by atoms with E-state index in [4.69, 9.17) is 5.73 Å². The molecule has 0 amide bonds. The van der Waals surface area contributed by atoms with Crippen LogP contribution in [0.3, 0.4) is 0 Å². The Balaban J connectivity index is 2.34. The lowest BCUT2D eigenvalue weighted by Crippen LogP contribution is -2.43. The van der Waals surface area contributed by atoms with Gasteiger partial charge in [0, 0.05) is 6.54 Å². The van der Waals surface area contributed by atoms with Crippen LogP contribution in [0.25, 0.3) is 0 Å². The Labute approximate surface area is 98.1 Å². The SMILES string of the molecule is CCC1CCCN(CC(N)C(=O)OC)CC1. The molecule has 0 saturated carbocycles. The van der Waals surface area contributed by atoms with Crippen LogP contribution in [-0.2, 0) is 9.53 Å². The average molecular weight is 228 g/mol. The maximum atomic E-state index is 11.2. The third-order valence-corrected chi connectivity index (χ3v) is 3.48. The molecule has 0 aromatic rings. The quantitative estimate of drug-likeness (QED) is 0.729. The molecule has 4 heteroatoms. The standard InChI is InChI=1S/C12H24N2O2/c1-3-10-5-4-7-14(8-6-10)9-11(13)12(15)16-2/h10-11H,3-9,13H2,1-2H3. The number of esters is 1.